The first kappa shape index (κ1) is 28.0. The van der Waals surface area contributed by atoms with Crippen molar-refractivity contribution in [3.8, 4) is 17.4 Å². The van der Waals surface area contributed by atoms with Gasteiger partial charge in [0.15, 0.2) is 0 Å². The Bertz CT molecular complexity index is 1380. The molecule has 0 radical (unpaired) electrons. The quantitative estimate of drug-likeness (QED) is 0.274. The maximum absolute atomic E-state index is 12.9. The van der Waals surface area contributed by atoms with E-state index in [9.17, 15) is 26.4 Å². The number of carbonyl (C=O) groups is 1. The zero-order valence-electron chi connectivity index (χ0n) is 19.2. The van der Waals surface area contributed by atoms with Crippen molar-refractivity contribution in [2.45, 2.75) is 11.1 Å². The molecule has 13 heteroatoms. The summed E-state index contributed by atoms with van der Waals surface area (Å²) in [5.74, 6) is -0.919. The number of hydrogen-bond donors (Lipinski definition) is 1. The smallest absolute Gasteiger partial charge is 0.417 e. The van der Waals surface area contributed by atoms with Crippen LogP contribution in [0.15, 0.2) is 71.8 Å². The van der Waals surface area contributed by atoms with Gasteiger partial charge in [-0.2, -0.15) is 13.2 Å². The molecule has 0 spiro atoms. The van der Waals surface area contributed by atoms with Crippen LogP contribution in [0.4, 0.5) is 13.2 Å². The Morgan fingerprint density at radius 1 is 1.11 bits per heavy atom. The minimum absolute atomic E-state index is 0.0269. The van der Waals surface area contributed by atoms with Gasteiger partial charge in [-0.05, 0) is 36.4 Å². The molecule has 37 heavy (non-hydrogen) atoms. The maximum Gasteiger partial charge on any atom is 0.417 e. The zero-order chi connectivity index (χ0) is 27.1. The van der Waals surface area contributed by atoms with Crippen LogP contribution in [0.1, 0.15) is 11.1 Å². The molecule has 3 rings (SSSR count). The summed E-state index contributed by atoms with van der Waals surface area (Å²) in [6.07, 6.45) is -1.87. The van der Waals surface area contributed by atoms with E-state index in [1.165, 1.54) is 49.6 Å². The predicted octanol–water partition coefficient (Wildman–Crippen LogP) is 5.09. The van der Waals surface area contributed by atoms with Crippen LogP contribution >= 0.6 is 11.6 Å². The van der Waals surface area contributed by atoms with Gasteiger partial charge in [0.25, 0.3) is 15.9 Å². The molecule has 2 aromatic carbocycles. The number of hydrogen-bond acceptors (Lipinski definition) is 7. The van der Waals surface area contributed by atoms with Gasteiger partial charge in [-0.1, -0.05) is 29.8 Å². The summed E-state index contributed by atoms with van der Waals surface area (Å²) in [7, 11) is -2.60. The highest BCUT2D eigenvalue weighted by Crippen LogP contribution is 2.36. The topological polar surface area (TPSA) is 104 Å². The number of alkyl halides is 3. The van der Waals surface area contributed by atoms with Gasteiger partial charge in [-0.25, -0.2) is 18.1 Å². The summed E-state index contributed by atoms with van der Waals surface area (Å²) < 4.78 is 81.5. The minimum Gasteiger partial charge on any atom is -0.491 e. The molecule has 0 saturated heterocycles. The Hall–Kier alpha value is -3.61. The van der Waals surface area contributed by atoms with Crippen LogP contribution in [0, 0.1) is 0 Å². The van der Waals surface area contributed by atoms with E-state index in [2.05, 4.69) is 4.98 Å². The van der Waals surface area contributed by atoms with Crippen molar-refractivity contribution in [3.05, 3.63) is 83.0 Å². The standard InChI is InChI=1S/C24H20ClF3N2O6S/c1-34-11-12-35-18-9-7-16(8-10-22(31)30-37(32,33)19-5-3-2-4-6-19)21(14-18)36-23-20(25)13-17(15-29-23)24(26,27)28/h2-10,13-15H,11-12H2,1H3,(H,30,31)/b10-8+. The highest BCUT2D eigenvalue weighted by atomic mass is 35.5. The fourth-order valence-electron chi connectivity index (χ4n) is 2.82. The summed E-state index contributed by atoms with van der Waals surface area (Å²) in [6.45, 7) is 0.490. The van der Waals surface area contributed by atoms with E-state index in [0.717, 1.165) is 6.08 Å². The van der Waals surface area contributed by atoms with Crippen LogP contribution in [-0.4, -0.2) is 39.6 Å². The number of nitrogens with one attached hydrogen (secondary N) is 1. The lowest BCUT2D eigenvalue weighted by Crippen LogP contribution is -2.28. The third kappa shape index (κ3) is 7.94. The molecule has 0 fully saturated rings. The lowest BCUT2D eigenvalue weighted by Gasteiger charge is -2.13. The van der Waals surface area contributed by atoms with Crippen molar-refractivity contribution in [3.63, 3.8) is 0 Å². The summed E-state index contributed by atoms with van der Waals surface area (Å²) in [6, 6.07) is 12.4. The van der Waals surface area contributed by atoms with Crippen LogP contribution in [-0.2, 0) is 25.7 Å². The average Bonchev–Trinajstić information content (AvgIpc) is 2.84. The Morgan fingerprint density at radius 2 is 1.84 bits per heavy atom. The molecule has 196 valence electrons. The number of aromatic nitrogens is 1. The van der Waals surface area contributed by atoms with Crippen molar-refractivity contribution in [1.29, 1.82) is 0 Å². The number of halogens is 4. The van der Waals surface area contributed by atoms with Crippen LogP contribution in [0.3, 0.4) is 0 Å². The molecule has 8 nitrogen and oxygen atoms in total. The van der Waals surface area contributed by atoms with E-state index in [1.807, 2.05) is 4.72 Å². The number of carbonyl (C=O) groups excluding carboxylic acids is 1. The second-order valence-electron chi connectivity index (χ2n) is 7.27. The second-order valence-corrected chi connectivity index (χ2v) is 9.36. The number of benzene rings is 2. The van der Waals surface area contributed by atoms with E-state index in [-0.39, 0.29) is 28.7 Å². The highest BCUT2D eigenvalue weighted by Gasteiger charge is 2.32. The summed E-state index contributed by atoms with van der Waals surface area (Å²) in [4.78, 5) is 15.9. The van der Waals surface area contributed by atoms with Gasteiger partial charge in [0.1, 0.15) is 23.1 Å². The highest BCUT2D eigenvalue weighted by molar-refractivity contribution is 7.90. The normalized spacial score (nSPS) is 11.9. The summed E-state index contributed by atoms with van der Waals surface area (Å²) >= 11 is 5.95. The third-order valence-electron chi connectivity index (χ3n) is 4.59. The Morgan fingerprint density at radius 3 is 2.49 bits per heavy atom. The van der Waals surface area contributed by atoms with E-state index < -0.39 is 32.7 Å². The number of nitrogens with zero attached hydrogens (tertiary/aromatic N) is 1. The van der Waals surface area contributed by atoms with Crippen molar-refractivity contribution in [2.24, 2.45) is 0 Å². The van der Waals surface area contributed by atoms with Gasteiger partial charge in [0.2, 0.25) is 5.88 Å². The molecule has 1 aromatic heterocycles. The predicted molar refractivity (Wildman–Crippen MR) is 129 cm³/mol. The van der Waals surface area contributed by atoms with Crippen molar-refractivity contribution in [2.75, 3.05) is 20.3 Å². The summed E-state index contributed by atoms with van der Waals surface area (Å²) in [5.41, 5.74) is -0.804. The third-order valence-corrected chi connectivity index (χ3v) is 6.22. The van der Waals surface area contributed by atoms with Crippen molar-refractivity contribution < 1.29 is 40.6 Å². The number of methoxy groups -OCH3 is 1. The molecular formula is C24H20ClF3N2O6S. The lowest BCUT2D eigenvalue weighted by molar-refractivity contribution is -0.137. The van der Waals surface area contributed by atoms with Gasteiger partial charge in [0, 0.05) is 31.0 Å². The van der Waals surface area contributed by atoms with Crippen LogP contribution in [0.5, 0.6) is 17.4 Å². The second kappa shape index (κ2) is 12.1. The molecule has 1 amide bonds. The molecule has 0 aliphatic heterocycles. The molecule has 0 unspecified atom stereocenters. The number of rotatable bonds is 10. The summed E-state index contributed by atoms with van der Waals surface area (Å²) in [5, 5.41) is -0.401. The van der Waals surface area contributed by atoms with Crippen LogP contribution in [0.2, 0.25) is 5.02 Å². The Balaban J connectivity index is 1.86. The first-order valence-electron chi connectivity index (χ1n) is 10.5. The molecule has 0 saturated carbocycles. The lowest BCUT2D eigenvalue weighted by atomic mass is 10.1. The SMILES string of the molecule is COCCOc1ccc(/C=C/C(=O)NS(=O)(=O)c2ccccc2)c(Oc2ncc(C(F)(F)F)cc2Cl)c1. The number of pyridine rings is 1. The van der Waals surface area contributed by atoms with Gasteiger partial charge in [-0.15, -0.1) is 0 Å². The fraction of sp³-hybridized carbons (Fsp3) is 0.167. The van der Waals surface area contributed by atoms with E-state index >= 15 is 0 Å². The number of ether oxygens (including phenoxy) is 3. The first-order chi connectivity index (χ1) is 17.5. The fourth-order valence-corrected chi connectivity index (χ4v) is 3.99. The Labute approximate surface area is 215 Å². The van der Waals surface area contributed by atoms with E-state index in [1.54, 1.807) is 12.1 Å². The van der Waals surface area contributed by atoms with Crippen molar-refractivity contribution in [1.82, 2.24) is 9.71 Å². The molecule has 0 atom stereocenters. The molecule has 1 N–H and O–H groups in total. The monoisotopic (exact) mass is 556 g/mol. The van der Waals surface area contributed by atoms with Gasteiger partial charge >= 0.3 is 6.18 Å². The van der Waals surface area contributed by atoms with Gasteiger partial charge < -0.3 is 14.2 Å². The largest absolute Gasteiger partial charge is 0.491 e. The Kier molecular flexibility index (Phi) is 9.14. The number of sulfonamides is 1. The minimum atomic E-state index is -4.65. The average molecular weight is 557 g/mol. The molecule has 1 heterocycles. The van der Waals surface area contributed by atoms with Crippen molar-refractivity contribution >= 4 is 33.6 Å². The van der Waals surface area contributed by atoms with Gasteiger partial charge in [0.05, 0.1) is 17.1 Å². The van der Waals surface area contributed by atoms with E-state index in [4.69, 9.17) is 25.8 Å². The molecular weight excluding hydrogens is 537 g/mol. The molecule has 0 aliphatic carbocycles. The van der Waals surface area contributed by atoms with Crippen LogP contribution < -0.4 is 14.2 Å². The number of amides is 1. The molecule has 3 aromatic rings. The maximum atomic E-state index is 12.9. The van der Waals surface area contributed by atoms with E-state index in [0.29, 0.717) is 24.6 Å². The first-order valence-corrected chi connectivity index (χ1v) is 12.3. The molecule has 0 aliphatic rings. The zero-order valence-corrected chi connectivity index (χ0v) is 20.7. The van der Waals surface area contributed by atoms with Crippen LogP contribution in [0.25, 0.3) is 6.08 Å². The molecule has 0 bridgehead atoms. The van der Waals surface area contributed by atoms with Gasteiger partial charge in [-0.3, -0.25) is 4.79 Å².